The fourth-order valence-corrected chi connectivity index (χ4v) is 4.70. The molecule has 3 unspecified atom stereocenters. The van der Waals surface area contributed by atoms with Crippen molar-refractivity contribution in [2.24, 2.45) is 0 Å². The van der Waals surface area contributed by atoms with E-state index >= 15 is 0 Å². The van der Waals surface area contributed by atoms with Crippen molar-refractivity contribution in [3.8, 4) is 0 Å². The van der Waals surface area contributed by atoms with Crippen LogP contribution in [0.3, 0.4) is 0 Å². The first kappa shape index (κ1) is 24.0. The van der Waals surface area contributed by atoms with Crippen LogP contribution in [0.4, 0.5) is 0 Å². The number of halogens is 1. The first-order valence-corrected chi connectivity index (χ1v) is 12.2. The van der Waals surface area contributed by atoms with Crippen molar-refractivity contribution in [3.63, 3.8) is 0 Å². The number of aliphatic hydroxyl groups is 1. The summed E-state index contributed by atoms with van der Waals surface area (Å²) in [4.78, 5) is 0. The molecule has 176 valence electrons. The smallest absolute Gasteiger partial charge is 0.0962 e. The van der Waals surface area contributed by atoms with Crippen LogP contribution in [-0.2, 0) is 27.2 Å². The lowest BCUT2D eigenvalue weighted by molar-refractivity contribution is -0.133. The van der Waals surface area contributed by atoms with Gasteiger partial charge in [0, 0.05) is 24.3 Å². The molecule has 4 nitrogen and oxygen atoms in total. The molecule has 1 aliphatic carbocycles. The zero-order chi connectivity index (χ0) is 23.0. The molecule has 2 aliphatic rings. The zero-order valence-corrected chi connectivity index (χ0v) is 20.0. The Morgan fingerprint density at radius 2 is 1.91 bits per heavy atom. The molecule has 0 aromatic heterocycles. The molecular formula is C28H33ClO4. The second kappa shape index (κ2) is 11.8. The molecular weight excluding hydrogens is 436 g/mol. The van der Waals surface area contributed by atoms with Gasteiger partial charge in [0.05, 0.1) is 43.9 Å². The maximum atomic E-state index is 9.81. The van der Waals surface area contributed by atoms with E-state index < -0.39 is 0 Å². The largest absolute Gasteiger partial charge is 0.498 e. The number of benzene rings is 2. The van der Waals surface area contributed by atoms with Crippen LogP contribution in [0.2, 0.25) is 5.02 Å². The van der Waals surface area contributed by atoms with Gasteiger partial charge in [-0.3, -0.25) is 0 Å². The first-order chi connectivity index (χ1) is 16.1. The van der Waals surface area contributed by atoms with Gasteiger partial charge < -0.3 is 19.3 Å². The summed E-state index contributed by atoms with van der Waals surface area (Å²) in [6, 6.07) is 16.3. The van der Waals surface area contributed by atoms with E-state index in [4.69, 9.17) is 25.8 Å². The molecule has 1 heterocycles. The summed E-state index contributed by atoms with van der Waals surface area (Å²) < 4.78 is 18.1. The summed E-state index contributed by atoms with van der Waals surface area (Å²) in [5.41, 5.74) is 4.68. The molecule has 2 aromatic rings. The molecule has 1 aliphatic heterocycles. The predicted octanol–water partition coefficient (Wildman–Crippen LogP) is 6.32. The third kappa shape index (κ3) is 6.70. The molecule has 1 N–H and O–H groups in total. The lowest BCUT2D eigenvalue weighted by Crippen LogP contribution is -2.35. The third-order valence-electron chi connectivity index (χ3n) is 6.28. The third-order valence-corrected chi connectivity index (χ3v) is 6.65. The van der Waals surface area contributed by atoms with Crippen molar-refractivity contribution in [1.29, 1.82) is 0 Å². The highest BCUT2D eigenvalue weighted by atomic mass is 35.5. The predicted molar refractivity (Wildman–Crippen MR) is 131 cm³/mol. The Hall–Kier alpha value is -2.11. The Bertz CT molecular complexity index is 969. The van der Waals surface area contributed by atoms with Gasteiger partial charge in [0.2, 0.25) is 0 Å². The van der Waals surface area contributed by atoms with Crippen LogP contribution in [0.5, 0.6) is 0 Å². The van der Waals surface area contributed by atoms with Crippen LogP contribution in [0, 0.1) is 0 Å². The van der Waals surface area contributed by atoms with E-state index in [0.29, 0.717) is 19.6 Å². The average Bonchev–Trinajstić information content (AvgIpc) is 2.86. The minimum atomic E-state index is -0.230. The maximum absolute atomic E-state index is 9.81. The fourth-order valence-electron chi connectivity index (χ4n) is 4.52. The van der Waals surface area contributed by atoms with Crippen molar-refractivity contribution < 1.29 is 19.3 Å². The summed E-state index contributed by atoms with van der Waals surface area (Å²) in [5, 5.41) is 10.6. The minimum absolute atomic E-state index is 0.0104. The Morgan fingerprint density at radius 1 is 1.06 bits per heavy atom. The molecule has 33 heavy (non-hydrogen) atoms. The zero-order valence-electron chi connectivity index (χ0n) is 19.2. The van der Waals surface area contributed by atoms with Crippen LogP contribution in [-0.4, -0.2) is 30.5 Å². The van der Waals surface area contributed by atoms with E-state index in [0.717, 1.165) is 53.2 Å². The van der Waals surface area contributed by atoms with E-state index in [1.165, 1.54) is 5.57 Å². The number of hydrogen-bond acceptors (Lipinski definition) is 4. The highest BCUT2D eigenvalue weighted by Crippen LogP contribution is 2.35. The molecule has 0 bridgehead atoms. The van der Waals surface area contributed by atoms with Crippen molar-refractivity contribution in [2.75, 3.05) is 13.2 Å². The van der Waals surface area contributed by atoms with Gasteiger partial charge >= 0.3 is 0 Å². The number of allylic oxidation sites excluding steroid dienone is 4. The van der Waals surface area contributed by atoms with E-state index in [1.807, 2.05) is 37.3 Å². The number of rotatable bonds is 9. The van der Waals surface area contributed by atoms with E-state index in [9.17, 15) is 5.11 Å². The van der Waals surface area contributed by atoms with Crippen LogP contribution >= 0.6 is 11.6 Å². The second-order valence-electron chi connectivity index (χ2n) is 8.74. The number of ether oxygens (including phenoxy) is 3. The molecule has 1 saturated heterocycles. The molecule has 0 amide bonds. The second-order valence-corrected chi connectivity index (χ2v) is 9.15. The van der Waals surface area contributed by atoms with Gasteiger partial charge in [0.1, 0.15) is 0 Å². The highest BCUT2D eigenvalue weighted by molar-refractivity contribution is 6.31. The molecule has 3 atom stereocenters. The normalized spacial score (nSPS) is 23.1. The SMILES string of the molecule is CCOC1=CC=C(Cc2cc(C3CC(OCc4ccccc4)CC(CO)O3)ccc2Cl)CC1. The Kier molecular flexibility index (Phi) is 8.63. The quantitative estimate of drug-likeness (QED) is 0.467. The average molecular weight is 469 g/mol. The molecule has 0 radical (unpaired) electrons. The van der Waals surface area contributed by atoms with Gasteiger partial charge in [-0.15, -0.1) is 0 Å². The molecule has 1 fully saturated rings. The molecule has 4 rings (SSSR count). The number of aliphatic hydroxyl groups excluding tert-OH is 1. The van der Waals surface area contributed by atoms with Gasteiger partial charge in [-0.05, 0) is 48.6 Å². The summed E-state index contributed by atoms with van der Waals surface area (Å²) in [7, 11) is 0. The maximum Gasteiger partial charge on any atom is 0.0962 e. The van der Waals surface area contributed by atoms with Crippen molar-refractivity contribution in [1.82, 2.24) is 0 Å². The summed E-state index contributed by atoms with van der Waals surface area (Å²) in [5.74, 6) is 1.05. The summed E-state index contributed by atoms with van der Waals surface area (Å²) in [6.45, 7) is 3.27. The van der Waals surface area contributed by atoms with Crippen LogP contribution < -0.4 is 0 Å². The Balaban J connectivity index is 1.44. The van der Waals surface area contributed by atoms with Crippen LogP contribution in [0.25, 0.3) is 0 Å². The topological polar surface area (TPSA) is 47.9 Å². The molecule has 0 spiro atoms. The lowest BCUT2D eigenvalue weighted by Gasteiger charge is -2.35. The standard InChI is InChI=1S/C28H33ClO4/c1-2-31-24-11-8-20(9-12-24)14-23-15-22(10-13-27(23)29)28-17-25(16-26(18-30)33-28)32-19-21-6-4-3-5-7-21/h3-8,10-11,13,15,25-26,28,30H,2,9,12,14,16-19H2,1H3. The molecule has 2 aromatic carbocycles. The highest BCUT2D eigenvalue weighted by Gasteiger charge is 2.31. The van der Waals surface area contributed by atoms with Crippen molar-refractivity contribution >= 4 is 11.6 Å². The Labute approximate surface area is 201 Å². The van der Waals surface area contributed by atoms with E-state index in [2.05, 4.69) is 30.4 Å². The molecule has 5 heteroatoms. The van der Waals surface area contributed by atoms with Gasteiger partial charge in [-0.1, -0.05) is 65.7 Å². The van der Waals surface area contributed by atoms with Crippen molar-refractivity contribution in [2.45, 2.75) is 63.9 Å². The van der Waals surface area contributed by atoms with Crippen LogP contribution in [0.1, 0.15) is 55.4 Å². The minimum Gasteiger partial charge on any atom is -0.498 e. The van der Waals surface area contributed by atoms with E-state index in [1.54, 1.807) is 0 Å². The van der Waals surface area contributed by atoms with Gasteiger partial charge in [-0.2, -0.15) is 0 Å². The van der Waals surface area contributed by atoms with Crippen molar-refractivity contribution in [3.05, 3.63) is 93.7 Å². The van der Waals surface area contributed by atoms with Gasteiger partial charge in [0.15, 0.2) is 0 Å². The first-order valence-electron chi connectivity index (χ1n) is 11.9. The summed E-state index contributed by atoms with van der Waals surface area (Å²) >= 11 is 6.56. The van der Waals surface area contributed by atoms with Gasteiger partial charge in [-0.25, -0.2) is 0 Å². The molecule has 0 saturated carbocycles. The number of hydrogen-bond donors (Lipinski definition) is 1. The Morgan fingerprint density at radius 3 is 2.64 bits per heavy atom. The lowest BCUT2D eigenvalue weighted by atomic mass is 9.92. The van der Waals surface area contributed by atoms with Gasteiger partial charge in [0.25, 0.3) is 0 Å². The fraction of sp³-hybridized carbons (Fsp3) is 0.429. The monoisotopic (exact) mass is 468 g/mol. The van der Waals surface area contributed by atoms with E-state index in [-0.39, 0.29) is 24.9 Å². The summed E-state index contributed by atoms with van der Waals surface area (Å²) in [6.07, 6.45) is 8.08. The van der Waals surface area contributed by atoms with Crippen LogP contribution in [0.15, 0.2) is 72.0 Å².